The zero-order chi connectivity index (χ0) is 23.1. The highest BCUT2D eigenvalue weighted by Crippen LogP contribution is 2.33. The summed E-state index contributed by atoms with van der Waals surface area (Å²) in [7, 11) is 0. The molecule has 0 unspecified atom stereocenters. The van der Waals surface area contributed by atoms with E-state index in [1.165, 1.54) is 0 Å². The second-order valence-electron chi connectivity index (χ2n) is 7.42. The number of carbonyl (C=O) groups excluding carboxylic acids is 1. The SMILES string of the molecule is CCOC(=O)CCCOc1cccc(-c2nc(-c3ccc(OC(C)C)c(Cl)c3)no2)c1C. The first-order valence-corrected chi connectivity index (χ1v) is 11.0. The Morgan fingerprint density at radius 1 is 1.19 bits per heavy atom. The maximum Gasteiger partial charge on any atom is 0.305 e. The fourth-order valence-electron chi connectivity index (χ4n) is 3.07. The first-order valence-electron chi connectivity index (χ1n) is 10.6. The van der Waals surface area contributed by atoms with Gasteiger partial charge in [-0.25, -0.2) is 0 Å². The second kappa shape index (κ2) is 11.0. The number of aromatic nitrogens is 2. The molecule has 3 rings (SSSR count). The molecule has 3 aromatic rings. The molecular formula is C24H27ClN2O5. The van der Waals surface area contributed by atoms with Gasteiger partial charge in [-0.1, -0.05) is 22.8 Å². The quantitative estimate of drug-likeness (QED) is 0.277. The van der Waals surface area contributed by atoms with Gasteiger partial charge in [0.1, 0.15) is 11.5 Å². The van der Waals surface area contributed by atoms with Crippen molar-refractivity contribution in [2.45, 2.75) is 46.6 Å². The number of ether oxygens (including phenoxy) is 3. The highest BCUT2D eigenvalue weighted by Gasteiger charge is 2.16. The third-order valence-corrected chi connectivity index (χ3v) is 4.88. The van der Waals surface area contributed by atoms with Gasteiger partial charge < -0.3 is 18.7 Å². The molecule has 2 aromatic carbocycles. The molecule has 0 aliphatic rings. The molecule has 0 aliphatic carbocycles. The van der Waals surface area contributed by atoms with Crippen LogP contribution < -0.4 is 9.47 Å². The zero-order valence-electron chi connectivity index (χ0n) is 18.7. The topological polar surface area (TPSA) is 83.7 Å². The van der Waals surface area contributed by atoms with Crippen LogP contribution in [0.15, 0.2) is 40.9 Å². The molecule has 1 aromatic heterocycles. The van der Waals surface area contributed by atoms with Crippen molar-refractivity contribution in [3.05, 3.63) is 47.0 Å². The highest BCUT2D eigenvalue weighted by molar-refractivity contribution is 6.32. The van der Waals surface area contributed by atoms with Gasteiger partial charge in [-0.05, 0) is 64.4 Å². The van der Waals surface area contributed by atoms with Crippen molar-refractivity contribution in [1.82, 2.24) is 10.1 Å². The van der Waals surface area contributed by atoms with Gasteiger partial charge in [0, 0.05) is 23.1 Å². The number of halogens is 1. The van der Waals surface area contributed by atoms with Gasteiger partial charge >= 0.3 is 5.97 Å². The minimum atomic E-state index is -0.219. The van der Waals surface area contributed by atoms with Crippen LogP contribution >= 0.6 is 11.6 Å². The molecule has 170 valence electrons. The molecule has 0 N–H and O–H groups in total. The van der Waals surface area contributed by atoms with Crippen molar-refractivity contribution in [2.75, 3.05) is 13.2 Å². The van der Waals surface area contributed by atoms with E-state index in [9.17, 15) is 4.79 Å². The smallest absolute Gasteiger partial charge is 0.305 e. The van der Waals surface area contributed by atoms with E-state index < -0.39 is 0 Å². The summed E-state index contributed by atoms with van der Waals surface area (Å²) in [5, 5.41) is 4.58. The number of benzene rings is 2. The summed E-state index contributed by atoms with van der Waals surface area (Å²) in [6.45, 7) is 8.38. The molecule has 0 atom stereocenters. The van der Waals surface area contributed by atoms with E-state index >= 15 is 0 Å². The Labute approximate surface area is 192 Å². The summed E-state index contributed by atoms with van der Waals surface area (Å²) in [4.78, 5) is 16.0. The molecule has 8 heteroatoms. The third-order valence-electron chi connectivity index (χ3n) is 4.58. The lowest BCUT2D eigenvalue weighted by Gasteiger charge is -2.11. The van der Waals surface area contributed by atoms with Gasteiger partial charge in [0.05, 0.1) is 24.3 Å². The Hall–Kier alpha value is -3.06. The molecule has 1 heterocycles. The fraction of sp³-hybridized carbons (Fsp3) is 0.375. The predicted molar refractivity (Wildman–Crippen MR) is 122 cm³/mol. The van der Waals surface area contributed by atoms with Crippen LogP contribution in [-0.2, 0) is 9.53 Å². The normalized spacial score (nSPS) is 10.9. The van der Waals surface area contributed by atoms with Crippen LogP contribution in [0.5, 0.6) is 11.5 Å². The monoisotopic (exact) mass is 458 g/mol. The van der Waals surface area contributed by atoms with Crippen LogP contribution in [0, 0.1) is 6.92 Å². The molecule has 0 fully saturated rings. The Morgan fingerprint density at radius 2 is 2.00 bits per heavy atom. The van der Waals surface area contributed by atoms with Crippen molar-refractivity contribution in [3.63, 3.8) is 0 Å². The third kappa shape index (κ3) is 6.01. The van der Waals surface area contributed by atoms with E-state index in [-0.39, 0.29) is 12.1 Å². The maximum absolute atomic E-state index is 11.4. The summed E-state index contributed by atoms with van der Waals surface area (Å²) in [5.74, 6) is 1.90. The number of hydrogen-bond donors (Lipinski definition) is 0. The molecule has 0 bridgehead atoms. The van der Waals surface area contributed by atoms with Gasteiger partial charge in [-0.2, -0.15) is 4.98 Å². The predicted octanol–water partition coefficient (Wildman–Crippen LogP) is 5.87. The lowest BCUT2D eigenvalue weighted by molar-refractivity contribution is -0.143. The molecule has 0 saturated heterocycles. The first kappa shape index (κ1) is 23.6. The van der Waals surface area contributed by atoms with Crippen LogP contribution in [0.3, 0.4) is 0 Å². The van der Waals surface area contributed by atoms with Crippen LogP contribution in [0.1, 0.15) is 39.2 Å². The van der Waals surface area contributed by atoms with Crippen LogP contribution in [0.25, 0.3) is 22.8 Å². The average molecular weight is 459 g/mol. The maximum atomic E-state index is 11.4. The van der Waals surface area contributed by atoms with E-state index in [0.717, 1.165) is 16.7 Å². The summed E-state index contributed by atoms with van der Waals surface area (Å²) >= 11 is 6.33. The van der Waals surface area contributed by atoms with Gasteiger partial charge in [-0.3, -0.25) is 4.79 Å². The van der Waals surface area contributed by atoms with Gasteiger partial charge in [0.15, 0.2) is 0 Å². The van der Waals surface area contributed by atoms with Crippen LogP contribution in [-0.4, -0.2) is 35.4 Å². The van der Waals surface area contributed by atoms with Crippen molar-refractivity contribution < 1.29 is 23.5 Å². The van der Waals surface area contributed by atoms with E-state index in [2.05, 4.69) is 10.1 Å². The zero-order valence-corrected chi connectivity index (χ0v) is 19.4. The molecule has 0 spiro atoms. The van der Waals surface area contributed by atoms with Crippen LogP contribution in [0.4, 0.5) is 0 Å². The van der Waals surface area contributed by atoms with E-state index in [1.807, 2.05) is 45.0 Å². The van der Waals surface area contributed by atoms with E-state index in [1.54, 1.807) is 19.1 Å². The molecular weight excluding hydrogens is 432 g/mol. The minimum Gasteiger partial charge on any atom is -0.493 e. The van der Waals surface area contributed by atoms with Crippen molar-refractivity contribution in [2.24, 2.45) is 0 Å². The summed E-state index contributed by atoms with van der Waals surface area (Å²) in [5.41, 5.74) is 2.38. The average Bonchev–Trinajstić information content (AvgIpc) is 3.23. The Kier molecular flexibility index (Phi) is 8.11. The van der Waals surface area contributed by atoms with Crippen molar-refractivity contribution in [1.29, 1.82) is 0 Å². The lowest BCUT2D eigenvalue weighted by Crippen LogP contribution is -2.07. The van der Waals surface area contributed by atoms with Crippen LogP contribution in [0.2, 0.25) is 5.02 Å². The number of carbonyl (C=O) groups is 1. The Balaban J connectivity index is 1.71. The Morgan fingerprint density at radius 3 is 2.72 bits per heavy atom. The molecule has 0 aliphatic heterocycles. The van der Waals surface area contributed by atoms with Gasteiger partial charge in [0.25, 0.3) is 5.89 Å². The molecule has 0 saturated carbocycles. The molecule has 0 radical (unpaired) electrons. The summed E-state index contributed by atoms with van der Waals surface area (Å²) in [6, 6.07) is 11.0. The summed E-state index contributed by atoms with van der Waals surface area (Å²) in [6.07, 6.45) is 0.922. The largest absolute Gasteiger partial charge is 0.493 e. The number of esters is 1. The van der Waals surface area contributed by atoms with E-state index in [0.29, 0.717) is 54.3 Å². The number of hydrogen-bond acceptors (Lipinski definition) is 7. The van der Waals surface area contributed by atoms with Crippen molar-refractivity contribution in [3.8, 4) is 34.3 Å². The molecule has 7 nitrogen and oxygen atoms in total. The lowest BCUT2D eigenvalue weighted by atomic mass is 10.1. The molecule has 0 amide bonds. The first-order chi connectivity index (χ1) is 15.4. The summed E-state index contributed by atoms with van der Waals surface area (Å²) < 4.78 is 22.0. The second-order valence-corrected chi connectivity index (χ2v) is 7.83. The highest BCUT2D eigenvalue weighted by atomic mass is 35.5. The van der Waals surface area contributed by atoms with Crippen molar-refractivity contribution >= 4 is 17.6 Å². The number of nitrogens with zero attached hydrogens (tertiary/aromatic N) is 2. The fourth-order valence-corrected chi connectivity index (χ4v) is 3.30. The van der Waals surface area contributed by atoms with Gasteiger partial charge in [0.2, 0.25) is 5.82 Å². The van der Waals surface area contributed by atoms with Gasteiger partial charge in [-0.15, -0.1) is 0 Å². The number of rotatable bonds is 10. The molecule has 32 heavy (non-hydrogen) atoms. The standard InChI is InChI=1S/C24H27ClN2O5/c1-5-29-22(28)10-7-13-30-20-9-6-8-18(16(20)4)24-26-23(27-32-24)17-11-12-21(19(25)14-17)31-15(2)3/h6,8-9,11-12,14-15H,5,7,10,13H2,1-4H3. The Bertz CT molecular complexity index is 1060. The minimum absolute atomic E-state index is 0.0257. The van der Waals surface area contributed by atoms with E-state index in [4.69, 9.17) is 30.3 Å².